The molecule has 140 valence electrons. The fourth-order valence-electron chi connectivity index (χ4n) is 3.15. The molecule has 27 heavy (non-hydrogen) atoms. The molecule has 2 aromatic rings. The van der Waals surface area contributed by atoms with Crippen LogP contribution in [0.5, 0.6) is 0 Å². The molecule has 7 heteroatoms. The van der Waals surface area contributed by atoms with Gasteiger partial charge < -0.3 is 20.4 Å². The Kier molecular flexibility index (Phi) is 5.95. The normalized spacial score (nSPS) is 18.9. The molecule has 0 saturated carbocycles. The van der Waals surface area contributed by atoms with Gasteiger partial charge in [-0.25, -0.2) is 0 Å². The van der Waals surface area contributed by atoms with Crippen LogP contribution in [-0.2, 0) is 9.59 Å². The summed E-state index contributed by atoms with van der Waals surface area (Å²) in [5, 5.41) is 22.7. The van der Waals surface area contributed by atoms with E-state index in [1.54, 1.807) is 54.9 Å². The monoisotopic (exact) mass is 367 g/mol. The minimum absolute atomic E-state index is 0.0150. The summed E-state index contributed by atoms with van der Waals surface area (Å²) in [6, 6.07) is 11.5. The van der Waals surface area contributed by atoms with Gasteiger partial charge in [-0.1, -0.05) is 36.4 Å². The van der Waals surface area contributed by atoms with E-state index >= 15 is 0 Å². The molecule has 1 fully saturated rings. The van der Waals surface area contributed by atoms with Crippen LogP contribution >= 0.6 is 0 Å². The Labute approximate surface area is 157 Å². The molecular weight excluding hydrogens is 346 g/mol. The summed E-state index contributed by atoms with van der Waals surface area (Å²) in [5.41, 5.74) is 1.18. The number of ketones is 1. The van der Waals surface area contributed by atoms with Crippen LogP contribution in [0, 0.1) is 0 Å². The van der Waals surface area contributed by atoms with Gasteiger partial charge in [0.1, 0.15) is 5.76 Å². The number of aliphatic hydroxyl groups excluding tert-OH is 2. The molecule has 3 N–H and O–H groups in total. The van der Waals surface area contributed by atoms with Crippen molar-refractivity contribution in [2.45, 2.75) is 6.04 Å². The fraction of sp³-hybridized carbons (Fsp3) is 0.250. The topological polar surface area (TPSA) is 103 Å². The second-order valence-corrected chi connectivity index (χ2v) is 6.12. The molecule has 1 aliphatic heterocycles. The van der Waals surface area contributed by atoms with Gasteiger partial charge in [0.05, 0.1) is 18.2 Å². The third-order valence-electron chi connectivity index (χ3n) is 4.41. The number of hydrogen-bond acceptors (Lipinski definition) is 6. The summed E-state index contributed by atoms with van der Waals surface area (Å²) in [4.78, 5) is 30.9. The highest BCUT2D eigenvalue weighted by molar-refractivity contribution is 6.46. The van der Waals surface area contributed by atoms with Crippen LogP contribution in [-0.4, -0.2) is 58.0 Å². The predicted octanol–water partition coefficient (Wildman–Crippen LogP) is 1.09. The molecule has 0 aliphatic carbocycles. The second kappa shape index (κ2) is 8.57. The maximum Gasteiger partial charge on any atom is 0.295 e. The van der Waals surface area contributed by atoms with Gasteiger partial charge in [0.2, 0.25) is 0 Å². The van der Waals surface area contributed by atoms with E-state index < -0.39 is 17.7 Å². The van der Waals surface area contributed by atoms with Crippen molar-refractivity contribution in [2.24, 2.45) is 0 Å². The number of amides is 1. The molecule has 1 aliphatic rings. The van der Waals surface area contributed by atoms with Crippen LogP contribution in [0.15, 0.2) is 60.4 Å². The van der Waals surface area contributed by atoms with Crippen molar-refractivity contribution >= 4 is 17.4 Å². The average Bonchev–Trinajstić information content (AvgIpc) is 2.97. The number of aliphatic hydroxyl groups is 2. The van der Waals surface area contributed by atoms with Crippen LogP contribution in [0.2, 0.25) is 0 Å². The predicted molar refractivity (Wildman–Crippen MR) is 99.6 cm³/mol. The third kappa shape index (κ3) is 3.89. The van der Waals surface area contributed by atoms with Gasteiger partial charge in [-0.05, 0) is 11.6 Å². The first-order valence-electron chi connectivity index (χ1n) is 8.70. The minimum Gasteiger partial charge on any atom is -0.507 e. The summed E-state index contributed by atoms with van der Waals surface area (Å²) >= 11 is 0. The minimum atomic E-state index is -0.715. The maximum absolute atomic E-state index is 12.7. The summed E-state index contributed by atoms with van der Waals surface area (Å²) in [6.45, 7) is 1.05. The Bertz CT molecular complexity index is 837. The smallest absolute Gasteiger partial charge is 0.295 e. The summed E-state index contributed by atoms with van der Waals surface area (Å²) in [6.07, 6.45) is 3.19. The first-order valence-corrected chi connectivity index (χ1v) is 8.70. The third-order valence-corrected chi connectivity index (χ3v) is 4.41. The number of likely N-dealkylation sites (tertiary alicyclic amines) is 1. The van der Waals surface area contributed by atoms with Gasteiger partial charge in [-0.15, -0.1) is 0 Å². The largest absolute Gasteiger partial charge is 0.507 e. The molecule has 1 aromatic carbocycles. The second-order valence-electron chi connectivity index (χ2n) is 6.12. The zero-order valence-corrected chi connectivity index (χ0v) is 14.7. The number of hydrogen-bond donors (Lipinski definition) is 3. The number of nitrogens with one attached hydrogen (secondary N) is 1. The zero-order valence-electron chi connectivity index (χ0n) is 14.7. The van der Waals surface area contributed by atoms with Crippen LogP contribution in [0.25, 0.3) is 5.76 Å². The standard InChI is InChI=1S/C20H21N3O4/c24-12-10-21-9-11-23-17(15-7-4-8-22-13-15)16(19(26)20(23)27)18(25)14-5-2-1-3-6-14/h1-8,13,17,21,24-25H,9-12H2/t17-/m1/s1. The highest BCUT2D eigenvalue weighted by Gasteiger charge is 2.45. The van der Waals surface area contributed by atoms with Crippen molar-refractivity contribution in [1.82, 2.24) is 15.2 Å². The Morgan fingerprint density at radius 2 is 1.89 bits per heavy atom. The molecule has 0 spiro atoms. The Morgan fingerprint density at radius 3 is 2.56 bits per heavy atom. The number of rotatable bonds is 7. The van der Waals surface area contributed by atoms with Crippen LogP contribution in [0.3, 0.4) is 0 Å². The van der Waals surface area contributed by atoms with E-state index in [0.717, 1.165) is 0 Å². The molecule has 1 atom stereocenters. The van der Waals surface area contributed by atoms with E-state index in [0.29, 0.717) is 24.2 Å². The lowest BCUT2D eigenvalue weighted by atomic mass is 9.96. The maximum atomic E-state index is 12.7. The summed E-state index contributed by atoms with van der Waals surface area (Å²) in [5.74, 6) is -1.58. The highest BCUT2D eigenvalue weighted by atomic mass is 16.3. The number of Topliss-reactive ketones (excluding diaryl/α,β-unsaturated/α-hetero) is 1. The van der Waals surface area contributed by atoms with E-state index in [9.17, 15) is 14.7 Å². The quantitative estimate of drug-likeness (QED) is 0.293. The molecule has 0 radical (unpaired) electrons. The molecule has 7 nitrogen and oxygen atoms in total. The van der Waals surface area contributed by atoms with E-state index in [4.69, 9.17) is 5.11 Å². The number of carbonyl (C=O) groups excluding carboxylic acids is 2. The molecule has 1 amide bonds. The SMILES string of the molecule is O=C1C(=O)N(CCNCCO)[C@H](c2cccnc2)C1=C(O)c1ccccc1. The van der Waals surface area contributed by atoms with Crippen LogP contribution in [0.4, 0.5) is 0 Å². The molecule has 1 saturated heterocycles. The van der Waals surface area contributed by atoms with Crippen molar-refractivity contribution in [1.29, 1.82) is 0 Å². The highest BCUT2D eigenvalue weighted by Crippen LogP contribution is 2.38. The van der Waals surface area contributed by atoms with E-state index in [-0.39, 0.29) is 24.5 Å². The number of aromatic nitrogens is 1. The molecular formula is C20H21N3O4. The number of nitrogens with zero attached hydrogens (tertiary/aromatic N) is 2. The van der Waals surface area contributed by atoms with Gasteiger partial charge in [-0.2, -0.15) is 0 Å². The van der Waals surface area contributed by atoms with Crippen molar-refractivity contribution in [2.75, 3.05) is 26.2 Å². The molecule has 3 rings (SSSR count). The Hall–Kier alpha value is -3.03. The van der Waals surface area contributed by atoms with Crippen molar-refractivity contribution in [3.05, 3.63) is 71.6 Å². The first kappa shape index (κ1) is 18.8. The van der Waals surface area contributed by atoms with Crippen molar-refractivity contribution in [3.8, 4) is 0 Å². The van der Waals surface area contributed by atoms with Gasteiger partial charge in [0, 0.05) is 37.6 Å². The van der Waals surface area contributed by atoms with Crippen molar-refractivity contribution in [3.63, 3.8) is 0 Å². The van der Waals surface area contributed by atoms with Crippen molar-refractivity contribution < 1.29 is 19.8 Å². The average molecular weight is 367 g/mol. The summed E-state index contributed by atoms with van der Waals surface area (Å²) < 4.78 is 0. The molecule has 1 aromatic heterocycles. The van der Waals surface area contributed by atoms with Crippen LogP contribution < -0.4 is 5.32 Å². The van der Waals surface area contributed by atoms with E-state index in [2.05, 4.69) is 10.3 Å². The van der Waals surface area contributed by atoms with Crippen LogP contribution in [0.1, 0.15) is 17.2 Å². The fourth-order valence-corrected chi connectivity index (χ4v) is 3.15. The lowest BCUT2D eigenvalue weighted by molar-refractivity contribution is -0.139. The van der Waals surface area contributed by atoms with Gasteiger partial charge >= 0.3 is 0 Å². The summed E-state index contributed by atoms with van der Waals surface area (Å²) in [7, 11) is 0. The van der Waals surface area contributed by atoms with Gasteiger partial charge in [0.25, 0.3) is 11.7 Å². The number of carbonyl (C=O) groups is 2. The van der Waals surface area contributed by atoms with Gasteiger partial charge in [-0.3, -0.25) is 14.6 Å². The Balaban J connectivity index is 2.03. The Morgan fingerprint density at radius 1 is 1.11 bits per heavy atom. The molecule has 2 heterocycles. The number of benzene rings is 1. The lowest BCUT2D eigenvalue weighted by Crippen LogP contribution is -2.36. The van der Waals surface area contributed by atoms with E-state index in [1.165, 1.54) is 4.90 Å². The zero-order chi connectivity index (χ0) is 19.2. The first-order chi connectivity index (χ1) is 13.1. The van der Waals surface area contributed by atoms with Gasteiger partial charge in [0.15, 0.2) is 0 Å². The van der Waals surface area contributed by atoms with E-state index in [1.807, 2.05) is 0 Å². The lowest BCUT2D eigenvalue weighted by Gasteiger charge is -2.25. The number of pyridine rings is 1. The molecule has 0 unspecified atom stereocenters. The molecule has 0 bridgehead atoms.